The highest BCUT2D eigenvalue weighted by atomic mass is 16.5. The molecule has 0 aliphatic rings. The molecule has 0 saturated carbocycles. The Balaban J connectivity index is 2.53. The smallest absolute Gasteiger partial charge is 0.135 e. The van der Waals surface area contributed by atoms with E-state index < -0.39 is 0 Å². The minimum atomic E-state index is -0.0155. The Morgan fingerprint density at radius 1 is 1.11 bits per heavy atom. The summed E-state index contributed by atoms with van der Waals surface area (Å²) in [4.78, 5) is 0. The number of furan rings is 1. The summed E-state index contributed by atoms with van der Waals surface area (Å²) >= 11 is 0. The SMILES string of the molecule is COc1cc2c(CO)cc3occ(C)c3c2cc1C. The van der Waals surface area contributed by atoms with Crippen molar-refractivity contribution in [2.75, 3.05) is 7.11 Å². The largest absolute Gasteiger partial charge is 0.496 e. The van der Waals surface area contributed by atoms with Gasteiger partial charge in [0.25, 0.3) is 0 Å². The molecule has 0 radical (unpaired) electrons. The van der Waals surface area contributed by atoms with Crippen LogP contribution in [0.3, 0.4) is 0 Å². The number of fused-ring (bicyclic) bond motifs is 3. The molecule has 1 N–H and O–H groups in total. The highest BCUT2D eigenvalue weighted by molar-refractivity contribution is 6.09. The van der Waals surface area contributed by atoms with Crippen LogP contribution in [0.2, 0.25) is 0 Å². The van der Waals surface area contributed by atoms with E-state index in [2.05, 4.69) is 6.07 Å². The molecule has 0 saturated heterocycles. The lowest BCUT2D eigenvalue weighted by atomic mass is 9.97. The zero-order chi connectivity index (χ0) is 13.6. The van der Waals surface area contributed by atoms with Gasteiger partial charge >= 0.3 is 0 Å². The van der Waals surface area contributed by atoms with Gasteiger partial charge in [0.1, 0.15) is 11.3 Å². The Labute approximate surface area is 111 Å². The maximum absolute atomic E-state index is 9.55. The maximum Gasteiger partial charge on any atom is 0.135 e. The third kappa shape index (κ3) is 1.70. The summed E-state index contributed by atoms with van der Waals surface area (Å²) in [5.41, 5.74) is 3.86. The van der Waals surface area contributed by atoms with E-state index in [-0.39, 0.29) is 6.61 Å². The quantitative estimate of drug-likeness (QED) is 0.760. The van der Waals surface area contributed by atoms with Gasteiger partial charge in [0, 0.05) is 5.39 Å². The molecule has 98 valence electrons. The number of aliphatic hydroxyl groups is 1. The van der Waals surface area contributed by atoms with Gasteiger partial charge in [-0.2, -0.15) is 0 Å². The lowest BCUT2D eigenvalue weighted by Crippen LogP contribution is -1.92. The van der Waals surface area contributed by atoms with Crippen LogP contribution in [0.4, 0.5) is 0 Å². The van der Waals surface area contributed by atoms with Crippen molar-refractivity contribution in [2.24, 2.45) is 0 Å². The third-order valence-corrected chi connectivity index (χ3v) is 3.63. The average Bonchev–Trinajstić information content (AvgIpc) is 2.78. The van der Waals surface area contributed by atoms with Crippen LogP contribution in [0, 0.1) is 13.8 Å². The Morgan fingerprint density at radius 3 is 2.58 bits per heavy atom. The first-order chi connectivity index (χ1) is 9.15. The van der Waals surface area contributed by atoms with E-state index >= 15 is 0 Å². The van der Waals surface area contributed by atoms with E-state index in [0.29, 0.717) is 0 Å². The van der Waals surface area contributed by atoms with Crippen LogP contribution in [0.15, 0.2) is 28.9 Å². The van der Waals surface area contributed by atoms with Crippen molar-refractivity contribution in [2.45, 2.75) is 20.5 Å². The summed E-state index contributed by atoms with van der Waals surface area (Å²) < 4.78 is 10.9. The number of hydrogen-bond donors (Lipinski definition) is 1. The Bertz CT molecular complexity index is 769. The van der Waals surface area contributed by atoms with E-state index in [4.69, 9.17) is 9.15 Å². The minimum absolute atomic E-state index is 0.0155. The van der Waals surface area contributed by atoms with Gasteiger partial charge in [-0.15, -0.1) is 0 Å². The summed E-state index contributed by atoms with van der Waals surface area (Å²) in [6.45, 7) is 4.03. The van der Waals surface area contributed by atoms with E-state index in [1.54, 1.807) is 13.4 Å². The van der Waals surface area contributed by atoms with E-state index in [1.165, 1.54) is 0 Å². The predicted octanol–water partition coefficient (Wildman–Crippen LogP) is 3.70. The zero-order valence-corrected chi connectivity index (χ0v) is 11.3. The molecule has 3 aromatic rings. The normalized spacial score (nSPS) is 11.4. The fraction of sp³-hybridized carbons (Fsp3) is 0.250. The van der Waals surface area contributed by atoms with E-state index in [1.807, 2.05) is 26.0 Å². The molecular formula is C16H16O3. The van der Waals surface area contributed by atoms with Crippen molar-refractivity contribution in [3.8, 4) is 5.75 Å². The molecule has 19 heavy (non-hydrogen) atoms. The van der Waals surface area contributed by atoms with Crippen molar-refractivity contribution < 1.29 is 14.3 Å². The van der Waals surface area contributed by atoms with Gasteiger partial charge in [-0.25, -0.2) is 0 Å². The number of aliphatic hydroxyl groups excluding tert-OH is 1. The lowest BCUT2D eigenvalue weighted by Gasteiger charge is -2.11. The zero-order valence-electron chi connectivity index (χ0n) is 11.3. The van der Waals surface area contributed by atoms with Crippen LogP contribution < -0.4 is 4.74 Å². The number of rotatable bonds is 2. The molecule has 0 aliphatic carbocycles. The van der Waals surface area contributed by atoms with Gasteiger partial charge in [0.05, 0.1) is 20.0 Å². The fourth-order valence-corrected chi connectivity index (χ4v) is 2.66. The fourth-order valence-electron chi connectivity index (χ4n) is 2.66. The van der Waals surface area contributed by atoms with Crippen LogP contribution in [0.5, 0.6) is 5.75 Å². The molecular weight excluding hydrogens is 240 g/mol. The molecule has 3 nitrogen and oxygen atoms in total. The summed E-state index contributed by atoms with van der Waals surface area (Å²) in [5, 5.41) is 12.8. The third-order valence-electron chi connectivity index (χ3n) is 3.63. The first-order valence-corrected chi connectivity index (χ1v) is 6.24. The van der Waals surface area contributed by atoms with Gasteiger partial charge in [0.2, 0.25) is 0 Å². The van der Waals surface area contributed by atoms with E-state index in [9.17, 15) is 5.11 Å². The summed E-state index contributed by atoms with van der Waals surface area (Å²) in [5.74, 6) is 0.836. The van der Waals surface area contributed by atoms with Crippen molar-refractivity contribution in [1.29, 1.82) is 0 Å². The lowest BCUT2D eigenvalue weighted by molar-refractivity contribution is 0.283. The van der Waals surface area contributed by atoms with Crippen LogP contribution in [-0.2, 0) is 6.61 Å². The summed E-state index contributed by atoms with van der Waals surface area (Å²) in [7, 11) is 1.66. The standard InChI is InChI=1S/C16H16O3/c1-9-4-13-12(6-14(9)18-3)11(7-17)5-15-16(13)10(2)8-19-15/h4-6,8,17H,7H2,1-3H3. The first kappa shape index (κ1) is 12.1. The maximum atomic E-state index is 9.55. The Hall–Kier alpha value is -2.00. The molecule has 1 aromatic heterocycles. The second-order valence-electron chi connectivity index (χ2n) is 4.85. The highest BCUT2D eigenvalue weighted by Crippen LogP contribution is 2.35. The molecule has 0 unspecified atom stereocenters. The topological polar surface area (TPSA) is 42.6 Å². The monoisotopic (exact) mass is 256 g/mol. The van der Waals surface area contributed by atoms with Gasteiger partial charge in [-0.1, -0.05) is 0 Å². The van der Waals surface area contributed by atoms with Gasteiger partial charge in [-0.05, 0) is 59.5 Å². The van der Waals surface area contributed by atoms with Crippen LogP contribution >= 0.6 is 0 Å². The Morgan fingerprint density at radius 2 is 1.89 bits per heavy atom. The average molecular weight is 256 g/mol. The van der Waals surface area contributed by atoms with Gasteiger partial charge < -0.3 is 14.3 Å². The molecule has 0 aliphatic heterocycles. The van der Waals surface area contributed by atoms with Crippen LogP contribution in [0.1, 0.15) is 16.7 Å². The molecule has 3 heteroatoms. The number of ether oxygens (including phenoxy) is 1. The number of hydrogen-bond acceptors (Lipinski definition) is 3. The van der Waals surface area contributed by atoms with Crippen LogP contribution in [-0.4, -0.2) is 12.2 Å². The molecule has 3 rings (SSSR count). The number of aryl methyl sites for hydroxylation is 2. The molecule has 0 atom stereocenters. The second kappa shape index (κ2) is 4.28. The van der Waals surface area contributed by atoms with Crippen molar-refractivity contribution in [3.05, 3.63) is 41.2 Å². The highest BCUT2D eigenvalue weighted by Gasteiger charge is 2.13. The summed E-state index contributed by atoms with van der Waals surface area (Å²) in [6, 6.07) is 5.99. The van der Waals surface area contributed by atoms with Crippen molar-refractivity contribution in [1.82, 2.24) is 0 Å². The molecule has 1 heterocycles. The predicted molar refractivity (Wildman–Crippen MR) is 75.7 cm³/mol. The molecule has 0 spiro atoms. The molecule has 0 bridgehead atoms. The number of methoxy groups -OCH3 is 1. The molecule has 0 fully saturated rings. The van der Waals surface area contributed by atoms with Crippen LogP contribution in [0.25, 0.3) is 21.7 Å². The Kier molecular flexibility index (Phi) is 2.72. The second-order valence-corrected chi connectivity index (χ2v) is 4.85. The molecule has 0 amide bonds. The van der Waals surface area contributed by atoms with Gasteiger partial charge in [0.15, 0.2) is 0 Å². The van der Waals surface area contributed by atoms with Gasteiger partial charge in [-0.3, -0.25) is 0 Å². The minimum Gasteiger partial charge on any atom is -0.496 e. The molecule has 2 aromatic carbocycles. The van der Waals surface area contributed by atoms with Crippen molar-refractivity contribution >= 4 is 21.7 Å². The summed E-state index contributed by atoms with van der Waals surface area (Å²) in [6.07, 6.45) is 1.75. The van der Waals surface area contributed by atoms with E-state index in [0.717, 1.165) is 44.2 Å². The van der Waals surface area contributed by atoms with Crippen molar-refractivity contribution in [3.63, 3.8) is 0 Å². The number of benzene rings is 2. The first-order valence-electron chi connectivity index (χ1n) is 6.24.